The quantitative estimate of drug-likeness (QED) is 0.893. The maximum Gasteiger partial charge on any atom is 0.229 e. The third kappa shape index (κ3) is 3.58. The van der Waals surface area contributed by atoms with Crippen LogP contribution in [-0.4, -0.2) is 22.3 Å². The van der Waals surface area contributed by atoms with Crippen LogP contribution in [0.4, 0.5) is 5.82 Å². The largest absolute Gasteiger partial charge is 0.494 e. The number of benzene rings is 1. The summed E-state index contributed by atoms with van der Waals surface area (Å²) in [5, 5.41) is 6.80. The van der Waals surface area contributed by atoms with Gasteiger partial charge in [-0.2, -0.15) is 5.10 Å². The summed E-state index contributed by atoms with van der Waals surface area (Å²) in [5.74, 6) is 1.45. The van der Waals surface area contributed by atoms with Crippen molar-refractivity contribution >= 4 is 11.7 Å². The van der Waals surface area contributed by atoms with Crippen molar-refractivity contribution in [1.82, 2.24) is 9.78 Å². The van der Waals surface area contributed by atoms with E-state index in [0.717, 1.165) is 11.3 Å². The van der Waals surface area contributed by atoms with Crippen LogP contribution >= 0.6 is 0 Å². The molecule has 2 aromatic rings. The lowest BCUT2D eigenvalue weighted by Crippen LogP contribution is -2.16. The van der Waals surface area contributed by atoms with E-state index in [1.165, 1.54) is 0 Å². The monoisotopic (exact) mass is 259 g/mol. The number of hydrogen-bond acceptors (Lipinski definition) is 3. The molecule has 0 saturated heterocycles. The maximum absolute atomic E-state index is 11.9. The zero-order chi connectivity index (χ0) is 13.7. The molecule has 0 atom stereocenters. The summed E-state index contributed by atoms with van der Waals surface area (Å²) in [6, 6.07) is 9.30. The van der Waals surface area contributed by atoms with Crippen molar-refractivity contribution in [3.63, 3.8) is 0 Å². The third-order valence-corrected chi connectivity index (χ3v) is 2.69. The number of rotatable bonds is 5. The lowest BCUT2D eigenvalue weighted by Gasteiger charge is -2.06. The Labute approximate surface area is 112 Å². The molecule has 0 unspecified atom stereocenters. The zero-order valence-electron chi connectivity index (χ0n) is 11.1. The minimum atomic E-state index is -0.0623. The number of carbonyl (C=O) groups excluding carboxylic acids is 1. The standard InChI is InChI=1S/C14H17N3O2/c1-3-19-12-6-4-11(5-7-12)10-14(18)16-13-8-9-15-17(13)2/h4-9H,3,10H2,1-2H3,(H,16,18). The first-order valence-corrected chi connectivity index (χ1v) is 6.18. The van der Waals surface area contributed by atoms with Gasteiger partial charge >= 0.3 is 0 Å². The predicted molar refractivity (Wildman–Crippen MR) is 73.2 cm³/mol. The number of anilines is 1. The van der Waals surface area contributed by atoms with Crippen molar-refractivity contribution in [3.05, 3.63) is 42.1 Å². The fraction of sp³-hybridized carbons (Fsp3) is 0.286. The average molecular weight is 259 g/mol. The second-order valence-corrected chi connectivity index (χ2v) is 4.14. The molecule has 0 radical (unpaired) electrons. The molecule has 1 aromatic heterocycles. The van der Waals surface area contributed by atoms with Crippen molar-refractivity contribution < 1.29 is 9.53 Å². The average Bonchev–Trinajstić information content (AvgIpc) is 2.78. The highest BCUT2D eigenvalue weighted by atomic mass is 16.5. The fourth-order valence-electron chi connectivity index (χ4n) is 1.74. The van der Waals surface area contributed by atoms with E-state index >= 15 is 0 Å². The smallest absolute Gasteiger partial charge is 0.229 e. The third-order valence-electron chi connectivity index (χ3n) is 2.69. The Hall–Kier alpha value is -2.30. The van der Waals surface area contributed by atoms with E-state index < -0.39 is 0 Å². The number of aromatic nitrogens is 2. The van der Waals surface area contributed by atoms with Crippen LogP contribution in [0.25, 0.3) is 0 Å². The van der Waals surface area contributed by atoms with Crippen molar-refractivity contribution in [2.75, 3.05) is 11.9 Å². The van der Waals surface area contributed by atoms with Gasteiger partial charge in [0.1, 0.15) is 11.6 Å². The van der Waals surface area contributed by atoms with Gasteiger partial charge < -0.3 is 10.1 Å². The molecular formula is C14H17N3O2. The Bertz CT molecular complexity index is 546. The van der Waals surface area contributed by atoms with E-state index in [-0.39, 0.29) is 5.91 Å². The van der Waals surface area contributed by atoms with Crippen molar-refractivity contribution in [2.45, 2.75) is 13.3 Å². The van der Waals surface area contributed by atoms with E-state index in [0.29, 0.717) is 18.8 Å². The molecule has 1 aromatic carbocycles. The van der Waals surface area contributed by atoms with Gasteiger partial charge in [-0.1, -0.05) is 12.1 Å². The molecule has 0 aliphatic rings. The van der Waals surface area contributed by atoms with Gasteiger partial charge in [0.15, 0.2) is 0 Å². The van der Waals surface area contributed by atoms with Crippen molar-refractivity contribution in [3.8, 4) is 5.75 Å². The lowest BCUT2D eigenvalue weighted by molar-refractivity contribution is -0.115. The topological polar surface area (TPSA) is 56.1 Å². The first kappa shape index (κ1) is 13.1. The number of aryl methyl sites for hydroxylation is 1. The Morgan fingerprint density at radius 3 is 2.63 bits per heavy atom. The van der Waals surface area contributed by atoms with E-state index in [9.17, 15) is 4.79 Å². The molecule has 0 aliphatic heterocycles. The summed E-state index contributed by atoms with van der Waals surface area (Å²) in [6.07, 6.45) is 1.98. The van der Waals surface area contributed by atoms with Crippen LogP contribution in [0.3, 0.4) is 0 Å². The first-order valence-electron chi connectivity index (χ1n) is 6.18. The molecule has 0 bridgehead atoms. The Balaban J connectivity index is 1.93. The molecule has 1 N–H and O–H groups in total. The van der Waals surface area contributed by atoms with Crippen LogP contribution in [0.2, 0.25) is 0 Å². The molecule has 5 heteroatoms. The zero-order valence-corrected chi connectivity index (χ0v) is 11.1. The highest BCUT2D eigenvalue weighted by Gasteiger charge is 2.06. The van der Waals surface area contributed by atoms with Crippen LogP contribution in [0.15, 0.2) is 36.5 Å². The first-order chi connectivity index (χ1) is 9.19. The normalized spacial score (nSPS) is 10.2. The minimum Gasteiger partial charge on any atom is -0.494 e. The number of nitrogens with one attached hydrogen (secondary N) is 1. The molecule has 1 heterocycles. The lowest BCUT2D eigenvalue weighted by atomic mass is 10.1. The van der Waals surface area contributed by atoms with Gasteiger partial charge in [-0.3, -0.25) is 9.48 Å². The molecular weight excluding hydrogens is 242 g/mol. The Morgan fingerprint density at radius 1 is 1.32 bits per heavy atom. The predicted octanol–water partition coefficient (Wildman–Crippen LogP) is 2.00. The molecule has 19 heavy (non-hydrogen) atoms. The van der Waals surface area contributed by atoms with E-state index in [1.807, 2.05) is 31.2 Å². The summed E-state index contributed by atoms with van der Waals surface area (Å²) in [6.45, 7) is 2.58. The van der Waals surface area contributed by atoms with Gasteiger partial charge in [-0.25, -0.2) is 0 Å². The van der Waals surface area contributed by atoms with Crippen LogP contribution in [0, 0.1) is 0 Å². The molecule has 0 saturated carbocycles. The fourth-order valence-corrected chi connectivity index (χ4v) is 1.74. The van der Waals surface area contributed by atoms with Gasteiger partial charge in [0.25, 0.3) is 0 Å². The van der Waals surface area contributed by atoms with Gasteiger partial charge in [0.2, 0.25) is 5.91 Å². The van der Waals surface area contributed by atoms with Gasteiger partial charge in [0, 0.05) is 13.1 Å². The van der Waals surface area contributed by atoms with Crippen LogP contribution in [0.5, 0.6) is 5.75 Å². The van der Waals surface area contributed by atoms with E-state index in [2.05, 4.69) is 10.4 Å². The number of carbonyl (C=O) groups is 1. The summed E-state index contributed by atoms with van der Waals surface area (Å²) in [4.78, 5) is 11.9. The Kier molecular flexibility index (Phi) is 4.18. The highest BCUT2D eigenvalue weighted by molar-refractivity contribution is 5.91. The summed E-state index contributed by atoms with van der Waals surface area (Å²) in [5.41, 5.74) is 0.947. The molecule has 0 aliphatic carbocycles. The summed E-state index contributed by atoms with van der Waals surface area (Å²) < 4.78 is 6.98. The van der Waals surface area contributed by atoms with E-state index in [1.54, 1.807) is 24.0 Å². The van der Waals surface area contributed by atoms with Crippen LogP contribution < -0.4 is 10.1 Å². The highest BCUT2D eigenvalue weighted by Crippen LogP contribution is 2.13. The molecule has 0 fully saturated rings. The molecule has 2 rings (SSSR count). The van der Waals surface area contributed by atoms with E-state index in [4.69, 9.17) is 4.74 Å². The second-order valence-electron chi connectivity index (χ2n) is 4.14. The van der Waals surface area contributed by atoms with Gasteiger partial charge in [-0.05, 0) is 24.6 Å². The molecule has 5 nitrogen and oxygen atoms in total. The number of ether oxygens (including phenoxy) is 1. The molecule has 1 amide bonds. The number of amides is 1. The maximum atomic E-state index is 11.9. The number of nitrogens with zero attached hydrogens (tertiary/aromatic N) is 2. The van der Waals surface area contributed by atoms with Crippen molar-refractivity contribution in [2.24, 2.45) is 7.05 Å². The van der Waals surface area contributed by atoms with Gasteiger partial charge in [0.05, 0.1) is 19.2 Å². The van der Waals surface area contributed by atoms with Crippen LogP contribution in [-0.2, 0) is 18.3 Å². The van der Waals surface area contributed by atoms with Crippen molar-refractivity contribution in [1.29, 1.82) is 0 Å². The second kappa shape index (κ2) is 6.04. The van der Waals surface area contributed by atoms with Crippen LogP contribution in [0.1, 0.15) is 12.5 Å². The summed E-state index contributed by atoms with van der Waals surface area (Å²) >= 11 is 0. The minimum absolute atomic E-state index is 0.0623. The molecule has 100 valence electrons. The number of hydrogen-bond donors (Lipinski definition) is 1. The molecule has 0 spiro atoms. The Morgan fingerprint density at radius 2 is 2.05 bits per heavy atom. The van der Waals surface area contributed by atoms with Gasteiger partial charge in [-0.15, -0.1) is 0 Å². The summed E-state index contributed by atoms with van der Waals surface area (Å²) in [7, 11) is 1.78. The SMILES string of the molecule is CCOc1ccc(CC(=O)Nc2ccnn2C)cc1.